The highest BCUT2D eigenvalue weighted by Crippen LogP contribution is 2.51. The van der Waals surface area contributed by atoms with Gasteiger partial charge in [-0.15, -0.1) is 0 Å². The van der Waals surface area contributed by atoms with Crippen molar-refractivity contribution in [3.63, 3.8) is 0 Å². The van der Waals surface area contributed by atoms with E-state index >= 15 is 0 Å². The largest absolute Gasteiger partial charge is 0.460 e. The van der Waals surface area contributed by atoms with Gasteiger partial charge in [0.1, 0.15) is 5.60 Å². The molecule has 1 unspecified atom stereocenters. The minimum atomic E-state index is -4.56. The van der Waals surface area contributed by atoms with E-state index in [-0.39, 0.29) is 23.1 Å². The number of allylic oxidation sites excluding steroid dienone is 4. The first-order chi connectivity index (χ1) is 16.1. The van der Waals surface area contributed by atoms with E-state index in [1.54, 1.807) is 51.1 Å². The Hall–Kier alpha value is -1.99. The van der Waals surface area contributed by atoms with Gasteiger partial charge >= 0.3 is 12.1 Å². The molecule has 0 aliphatic heterocycles. The highest BCUT2D eigenvalue weighted by Gasteiger charge is 2.52. The normalized spacial score (nSPS) is 21.1. The standard InChI is InChI=1S/C26H30Cl2F3NO3/c1-15(26(29,30)31)20(16-8-10-18(27)11-9-16)22(33)32-19-7-5-6-17(21(19)28)14-25(12-13-25)23(34)35-24(2,3)4/h5-8,10-11,15-16,20H,9,12-14H2,1-4H3,(H,32,33)/t15-,16?,20+/m1/s1. The maximum atomic E-state index is 13.6. The Labute approximate surface area is 213 Å². The van der Waals surface area contributed by atoms with Crippen LogP contribution in [0.3, 0.4) is 0 Å². The molecule has 0 radical (unpaired) electrons. The zero-order chi connectivity index (χ0) is 26.2. The summed E-state index contributed by atoms with van der Waals surface area (Å²) in [5.74, 6) is -5.00. The highest BCUT2D eigenvalue weighted by atomic mass is 35.5. The summed E-state index contributed by atoms with van der Waals surface area (Å²) in [6.07, 6.45) is 1.96. The van der Waals surface area contributed by atoms with Crippen LogP contribution in [-0.2, 0) is 20.7 Å². The number of ether oxygens (including phenoxy) is 1. The summed E-state index contributed by atoms with van der Waals surface area (Å²) in [7, 11) is 0. The minimum absolute atomic E-state index is 0.205. The molecule has 1 N–H and O–H groups in total. The summed E-state index contributed by atoms with van der Waals surface area (Å²) in [5, 5.41) is 3.24. The fraction of sp³-hybridized carbons (Fsp3) is 0.538. The Morgan fingerprint density at radius 1 is 1.20 bits per heavy atom. The number of carbonyl (C=O) groups excluding carboxylic acids is 2. The molecule has 1 aromatic rings. The smallest absolute Gasteiger partial charge is 0.392 e. The molecule has 3 rings (SSSR count). The van der Waals surface area contributed by atoms with Crippen LogP contribution in [0.15, 0.2) is 41.5 Å². The third-order valence-corrected chi connectivity index (χ3v) is 7.18. The molecule has 2 aliphatic carbocycles. The predicted octanol–water partition coefficient (Wildman–Crippen LogP) is 7.46. The fourth-order valence-corrected chi connectivity index (χ4v) is 4.66. The second-order valence-corrected chi connectivity index (χ2v) is 11.2. The molecule has 35 heavy (non-hydrogen) atoms. The van der Waals surface area contributed by atoms with Crippen molar-refractivity contribution in [1.82, 2.24) is 0 Å². The zero-order valence-corrected chi connectivity index (χ0v) is 21.7. The van der Waals surface area contributed by atoms with Gasteiger partial charge in [0.2, 0.25) is 5.91 Å². The van der Waals surface area contributed by atoms with Crippen LogP contribution in [0, 0.1) is 23.2 Å². The molecule has 2 aliphatic rings. The topological polar surface area (TPSA) is 55.4 Å². The quantitative estimate of drug-likeness (QED) is 0.371. The second-order valence-electron chi connectivity index (χ2n) is 10.4. The summed E-state index contributed by atoms with van der Waals surface area (Å²) < 4.78 is 46.5. The van der Waals surface area contributed by atoms with Crippen molar-refractivity contribution in [2.75, 3.05) is 5.32 Å². The molecule has 1 amide bonds. The van der Waals surface area contributed by atoms with Gasteiger partial charge in [-0.3, -0.25) is 9.59 Å². The number of halogens is 5. The number of amides is 1. The Morgan fingerprint density at radius 2 is 1.86 bits per heavy atom. The van der Waals surface area contributed by atoms with Crippen LogP contribution < -0.4 is 5.32 Å². The van der Waals surface area contributed by atoms with Gasteiger partial charge in [0, 0.05) is 5.03 Å². The van der Waals surface area contributed by atoms with E-state index in [0.717, 1.165) is 6.92 Å². The first-order valence-corrected chi connectivity index (χ1v) is 12.3. The summed E-state index contributed by atoms with van der Waals surface area (Å²) in [4.78, 5) is 25.9. The van der Waals surface area contributed by atoms with Gasteiger partial charge in [-0.05, 0) is 70.1 Å². The van der Waals surface area contributed by atoms with Crippen LogP contribution in [-0.4, -0.2) is 23.7 Å². The molecule has 0 bridgehead atoms. The second kappa shape index (κ2) is 10.2. The Bertz CT molecular complexity index is 1040. The van der Waals surface area contributed by atoms with E-state index in [0.29, 0.717) is 29.9 Å². The minimum Gasteiger partial charge on any atom is -0.460 e. The van der Waals surface area contributed by atoms with Crippen LogP contribution >= 0.6 is 23.2 Å². The molecule has 0 aromatic heterocycles. The maximum absolute atomic E-state index is 13.6. The van der Waals surface area contributed by atoms with Gasteiger partial charge in [-0.2, -0.15) is 13.2 Å². The number of esters is 1. The summed E-state index contributed by atoms with van der Waals surface area (Å²) in [6.45, 7) is 6.41. The van der Waals surface area contributed by atoms with Crippen molar-refractivity contribution in [3.05, 3.63) is 52.0 Å². The van der Waals surface area contributed by atoms with Gasteiger partial charge in [-0.25, -0.2) is 0 Å². The summed E-state index contributed by atoms with van der Waals surface area (Å²) >= 11 is 12.5. The number of carbonyl (C=O) groups is 2. The van der Waals surface area contributed by atoms with Crippen LogP contribution in [0.25, 0.3) is 0 Å². The number of rotatable bonds is 7. The molecule has 1 saturated carbocycles. The van der Waals surface area contributed by atoms with Crippen LogP contribution in [0.2, 0.25) is 5.02 Å². The average Bonchev–Trinajstić information content (AvgIpc) is 3.51. The molecular weight excluding hydrogens is 502 g/mol. The highest BCUT2D eigenvalue weighted by molar-refractivity contribution is 6.34. The lowest BCUT2D eigenvalue weighted by atomic mass is 9.78. The lowest BCUT2D eigenvalue weighted by Crippen LogP contribution is -2.40. The van der Waals surface area contributed by atoms with E-state index in [1.807, 2.05) is 0 Å². The zero-order valence-electron chi connectivity index (χ0n) is 20.1. The third-order valence-electron chi connectivity index (χ3n) is 6.46. The van der Waals surface area contributed by atoms with Crippen molar-refractivity contribution in [1.29, 1.82) is 0 Å². The predicted molar refractivity (Wildman–Crippen MR) is 131 cm³/mol. The number of alkyl halides is 3. The van der Waals surface area contributed by atoms with Gasteiger partial charge in [0.15, 0.2) is 0 Å². The molecule has 192 valence electrons. The summed E-state index contributed by atoms with van der Waals surface area (Å²) in [6, 6.07) is 4.95. The van der Waals surface area contributed by atoms with Crippen LogP contribution in [0.5, 0.6) is 0 Å². The van der Waals surface area contributed by atoms with E-state index in [1.165, 1.54) is 6.08 Å². The Morgan fingerprint density at radius 3 is 2.37 bits per heavy atom. The van der Waals surface area contributed by atoms with Crippen molar-refractivity contribution in [3.8, 4) is 0 Å². The van der Waals surface area contributed by atoms with Crippen molar-refractivity contribution < 1.29 is 27.5 Å². The SMILES string of the molecule is C[C@H]([C@H](C(=O)Nc1cccc(CC2(C(=O)OC(C)(C)C)CC2)c1Cl)C1C=CC(Cl)=CC1)C(F)(F)F. The first-order valence-electron chi connectivity index (χ1n) is 11.6. The summed E-state index contributed by atoms with van der Waals surface area (Å²) in [5.41, 5.74) is -0.461. The monoisotopic (exact) mass is 531 g/mol. The molecule has 4 nitrogen and oxygen atoms in total. The van der Waals surface area contributed by atoms with Crippen LogP contribution in [0.1, 0.15) is 52.5 Å². The van der Waals surface area contributed by atoms with E-state index in [2.05, 4.69) is 5.32 Å². The molecule has 3 atom stereocenters. The van der Waals surface area contributed by atoms with Crippen molar-refractivity contribution >= 4 is 40.8 Å². The Kier molecular flexibility index (Phi) is 8.02. The number of hydrogen-bond donors (Lipinski definition) is 1. The van der Waals surface area contributed by atoms with Gasteiger partial charge in [-0.1, -0.05) is 54.4 Å². The fourth-order valence-electron chi connectivity index (χ4n) is 4.26. The molecule has 0 saturated heterocycles. The first kappa shape index (κ1) is 27.6. The van der Waals surface area contributed by atoms with Gasteiger partial charge < -0.3 is 10.1 Å². The molecule has 9 heteroatoms. The number of nitrogens with one attached hydrogen (secondary N) is 1. The number of benzene rings is 1. The maximum Gasteiger partial charge on any atom is 0.392 e. The number of hydrogen-bond acceptors (Lipinski definition) is 3. The third kappa shape index (κ3) is 6.82. The lowest BCUT2D eigenvalue weighted by molar-refractivity contribution is -0.188. The molecular formula is C26H30Cl2F3NO3. The van der Waals surface area contributed by atoms with Crippen molar-refractivity contribution in [2.24, 2.45) is 23.2 Å². The average molecular weight is 532 g/mol. The van der Waals surface area contributed by atoms with Crippen molar-refractivity contribution in [2.45, 2.75) is 65.2 Å². The Balaban J connectivity index is 1.81. The molecule has 0 spiro atoms. The van der Waals surface area contributed by atoms with E-state index in [4.69, 9.17) is 27.9 Å². The van der Waals surface area contributed by atoms with Gasteiger partial charge in [0.05, 0.1) is 28.0 Å². The van der Waals surface area contributed by atoms with Crippen LogP contribution in [0.4, 0.5) is 18.9 Å². The van der Waals surface area contributed by atoms with E-state index < -0.39 is 40.9 Å². The molecule has 0 heterocycles. The number of anilines is 1. The van der Waals surface area contributed by atoms with Gasteiger partial charge in [0.25, 0.3) is 0 Å². The molecule has 1 fully saturated rings. The molecule has 1 aromatic carbocycles. The lowest BCUT2D eigenvalue weighted by Gasteiger charge is -2.31. The van der Waals surface area contributed by atoms with E-state index in [9.17, 15) is 22.8 Å².